The summed E-state index contributed by atoms with van der Waals surface area (Å²) in [5.74, 6) is -1.45. The molecule has 2 aliphatic heterocycles. The lowest BCUT2D eigenvalue weighted by Gasteiger charge is -2.30. The van der Waals surface area contributed by atoms with Crippen LogP contribution in [-0.2, 0) is 25.5 Å². The number of esters is 2. The molecule has 2 aromatic rings. The lowest BCUT2D eigenvalue weighted by Crippen LogP contribution is -2.40. The average molecular weight is 646 g/mol. The maximum absolute atomic E-state index is 14.0. The number of hydrogen-bond donors (Lipinski definition) is 3. The molecule has 12 heteroatoms. The van der Waals surface area contributed by atoms with E-state index in [2.05, 4.69) is 28.1 Å². The molecule has 0 radical (unpaired) electrons. The van der Waals surface area contributed by atoms with Crippen LogP contribution in [0.5, 0.6) is 5.75 Å². The van der Waals surface area contributed by atoms with Crippen LogP contribution >= 0.6 is 0 Å². The Labute approximate surface area is 275 Å². The number of rotatable bonds is 14. The van der Waals surface area contributed by atoms with Crippen LogP contribution in [-0.4, -0.2) is 62.4 Å². The first kappa shape index (κ1) is 35.1. The highest BCUT2D eigenvalue weighted by Crippen LogP contribution is 2.40. The van der Waals surface area contributed by atoms with Gasteiger partial charge in [-0.2, -0.15) is 5.26 Å². The molecule has 0 aromatic heterocycles. The maximum Gasteiger partial charge on any atom is 0.337 e. The molecule has 3 N–H and O–H groups in total. The molecule has 1 fully saturated rings. The highest BCUT2D eigenvalue weighted by Gasteiger charge is 2.40. The van der Waals surface area contributed by atoms with Crippen molar-refractivity contribution in [3.05, 3.63) is 92.3 Å². The van der Waals surface area contributed by atoms with E-state index in [9.17, 15) is 25.0 Å². The minimum atomic E-state index is -1.16. The van der Waals surface area contributed by atoms with Crippen LogP contribution in [0.3, 0.4) is 0 Å². The number of nitrogens with zero attached hydrogens (tertiary/aromatic N) is 2. The summed E-state index contributed by atoms with van der Waals surface area (Å²) in [6, 6.07) is 15.6. The van der Waals surface area contributed by atoms with Gasteiger partial charge in [0.2, 0.25) is 0 Å². The summed E-state index contributed by atoms with van der Waals surface area (Å²) < 4.78 is 17.0. The number of carbonyl (C=O) groups excluding carboxylic acids is 2. The first-order valence-corrected chi connectivity index (χ1v) is 15.9. The Morgan fingerprint density at radius 3 is 2.55 bits per heavy atom. The van der Waals surface area contributed by atoms with Crippen LogP contribution in [0.1, 0.15) is 57.1 Å². The molecule has 2 heterocycles. The molecule has 0 bridgehead atoms. The molecule has 3 atom stereocenters. The van der Waals surface area contributed by atoms with Crippen LogP contribution in [0.15, 0.2) is 71.1 Å². The number of allylic oxidation sites excluding steroid dienone is 2. The standard InChI is InChI=1S/C35H43N5O7/c1-22(2)38-20-29(21-46-28-14-12-24(13-15-28)10-11-25-7-6-16-37-19-25)47-35(42)31-23(3)39-30(18-36)33(34(41)45-4)32(31)26-8-5-9-27(17-26)40(43)44/h5,8-9,12-15,17,22,25,29,32,37-39H,6-7,10-11,16,19-21H2,1-4H3. The van der Waals surface area contributed by atoms with Gasteiger partial charge in [0.05, 0.1) is 29.1 Å². The number of dihydropyridines is 1. The Kier molecular flexibility index (Phi) is 12.5. The topological polar surface area (TPSA) is 165 Å². The number of piperidine rings is 1. The number of ether oxygens (including phenoxy) is 3. The zero-order valence-corrected chi connectivity index (χ0v) is 27.3. The Bertz CT molecular complexity index is 1540. The summed E-state index contributed by atoms with van der Waals surface area (Å²) in [5.41, 5.74) is 1.27. The number of hydrogen-bond acceptors (Lipinski definition) is 11. The molecule has 4 rings (SSSR count). The van der Waals surface area contributed by atoms with E-state index in [0.717, 1.165) is 33.0 Å². The van der Waals surface area contributed by atoms with Gasteiger partial charge in [-0.25, -0.2) is 9.59 Å². The van der Waals surface area contributed by atoms with Crippen molar-refractivity contribution < 1.29 is 28.7 Å². The third-order valence-electron chi connectivity index (χ3n) is 8.34. The van der Waals surface area contributed by atoms with Gasteiger partial charge in [0.15, 0.2) is 0 Å². The fourth-order valence-electron chi connectivity index (χ4n) is 5.87. The predicted molar refractivity (Wildman–Crippen MR) is 175 cm³/mol. The Morgan fingerprint density at radius 2 is 1.91 bits per heavy atom. The number of carbonyl (C=O) groups is 2. The second kappa shape index (κ2) is 16.7. The molecule has 0 saturated carbocycles. The summed E-state index contributed by atoms with van der Waals surface area (Å²) in [6.45, 7) is 8.01. The number of nitro groups is 1. The third-order valence-corrected chi connectivity index (χ3v) is 8.34. The Morgan fingerprint density at radius 1 is 1.15 bits per heavy atom. The molecule has 2 aromatic carbocycles. The summed E-state index contributed by atoms with van der Waals surface area (Å²) >= 11 is 0. The van der Waals surface area contributed by atoms with Crippen LogP contribution in [0, 0.1) is 27.4 Å². The van der Waals surface area contributed by atoms with Gasteiger partial charge in [-0.1, -0.05) is 38.1 Å². The van der Waals surface area contributed by atoms with Crippen molar-refractivity contribution in [3.63, 3.8) is 0 Å². The van der Waals surface area contributed by atoms with Gasteiger partial charge >= 0.3 is 11.9 Å². The fourth-order valence-corrected chi connectivity index (χ4v) is 5.87. The molecule has 47 heavy (non-hydrogen) atoms. The number of nitrogens with one attached hydrogen (secondary N) is 3. The SMILES string of the molecule is COC(=O)C1=C(C#N)NC(C)=C(C(=O)OC(CNC(C)C)COc2ccc(CCC3CCCNC3)cc2)C1c1cccc([N+](=O)[O-])c1. The number of non-ortho nitro benzene ring substituents is 1. The quantitative estimate of drug-likeness (QED) is 0.151. The summed E-state index contributed by atoms with van der Waals surface area (Å²) in [5, 5.41) is 31.0. The number of benzene rings is 2. The molecule has 2 aliphatic rings. The van der Waals surface area contributed by atoms with Gasteiger partial charge in [-0.3, -0.25) is 10.1 Å². The zero-order valence-electron chi connectivity index (χ0n) is 27.3. The van der Waals surface area contributed by atoms with Gasteiger partial charge in [0.1, 0.15) is 30.2 Å². The largest absolute Gasteiger partial charge is 0.490 e. The molecule has 3 unspecified atom stereocenters. The van der Waals surface area contributed by atoms with Crippen LogP contribution < -0.4 is 20.7 Å². The van der Waals surface area contributed by atoms with E-state index in [0.29, 0.717) is 11.7 Å². The number of aryl methyl sites for hydroxylation is 1. The molecule has 0 spiro atoms. The highest BCUT2D eigenvalue weighted by molar-refractivity contribution is 6.00. The van der Waals surface area contributed by atoms with E-state index in [1.807, 2.05) is 32.0 Å². The number of nitriles is 1. The predicted octanol–water partition coefficient (Wildman–Crippen LogP) is 4.43. The summed E-state index contributed by atoms with van der Waals surface area (Å²) in [7, 11) is 1.16. The molecule has 12 nitrogen and oxygen atoms in total. The molecule has 0 aliphatic carbocycles. The Balaban J connectivity index is 1.54. The van der Waals surface area contributed by atoms with Crippen molar-refractivity contribution in [2.75, 3.05) is 33.4 Å². The van der Waals surface area contributed by atoms with E-state index in [1.54, 1.807) is 13.0 Å². The van der Waals surface area contributed by atoms with Crippen molar-refractivity contribution in [1.82, 2.24) is 16.0 Å². The first-order valence-electron chi connectivity index (χ1n) is 15.9. The van der Waals surface area contributed by atoms with Gasteiger partial charge in [-0.15, -0.1) is 0 Å². The highest BCUT2D eigenvalue weighted by atomic mass is 16.6. The maximum atomic E-state index is 14.0. The molecule has 0 amide bonds. The van der Waals surface area contributed by atoms with Gasteiger partial charge in [0.25, 0.3) is 5.69 Å². The second-order valence-corrected chi connectivity index (χ2v) is 12.1. The third kappa shape index (κ3) is 9.40. The van der Waals surface area contributed by atoms with Gasteiger partial charge < -0.3 is 30.2 Å². The van der Waals surface area contributed by atoms with Crippen LogP contribution in [0.2, 0.25) is 0 Å². The van der Waals surface area contributed by atoms with E-state index in [-0.39, 0.29) is 53.0 Å². The minimum absolute atomic E-state index is 0.0250. The van der Waals surface area contributed by atoms with E-state index < -0.39 is 28.9 Å². The van der Waals surface area contributed by atoms with Gasteiger partial charge in [-0.05, 0) is 74.9 Å². The van der Waals surface area contributed by atoms with Crippen LogP contribution in [0.25, 0.3) is 0 Å². The smallest absolute Gasteiger partial charge is 0.337 e. The van der Waals surface area contributed by atoms with E-state index in [1.165, 1.54) is 36.6 Å². The van der Waals surface area contributed by atoms with E-state index >= 15 is 0 Å². The summed E-state index contributed by atoms with van der Waals surface area (Å²) in [4.78, 5) is 38.0. The van der Waals surface area contributed by atoms with Crippen molar-refractivity contribution in [2.24, 2.45) is 5.92 Å². The van der Waals surface area contributed by atoms with Crippen molar-refractivity contribution in [3.8, 4) is 11.8 Å². The molecular weight excluding hydrogens is 602 g/mol. The monoisotopic (exact) mass is 645 g/mol. The summed E-state index contributed by atoms with van der Waals surface area (Å²) in [6.07, 6.45) is 3.88. The van der Waals surface area contributed by atoms with Crippen molar-refractivity contribution >= 4 is 17.6 Å². The van der Waals surface area contributed by atoms with E-state index in [4.69, 9.17) is 14.2 Å². The first-order chi connectivity index (χ1) is 22.6. The lowest BCUT2D eigenvalue weighted by atomic mass is 9.80. The molecule has 1 saturated heterocycles. The van der Waals surface area contributed by atoms with Crippen molar-refractivity contribution in [2.45, 2.75) is 64.5 Å². The Hall–Kier alpha value is -4.73. The average Bonchev–Trinajstić information content (AvgIpc) is 3.08. The molecular formula is C35H43N5O7. The second-order valence-electron chi connectivity index (χ2n) is 12.1. The molecule has 250 valence electrons. The number of nitro benzene ring substituents is 1. The number of methoxy groups -OCH3 is 1. The lowest BCUT2D eigenvalue weighted by molar-refractivity contribution is -0.384. The normalized spacial score (nSPS) is 18.6. The zero-order chi connectivity index (χ0) is 33.9. The van der Waals surface area contributed by atoms with Crippen molar-refractivity contribution in [1.29, 1.82) is 5.26 Å². The fraction of sp³-hybridized carbons (Fsp3) is 0.457. The van der Waals surface area contributed by atoms with Crippen LogP contribution in [0.4, 0.5) is 5.69 Å². The minimum Gasteiger partial charge on any atom is -0.490 e. The van der Waals surface area contributed by atoms with Gasteiger partial charge in [0, 0.05) is 30.4 Å².